The smallest absolute Gasteiger partial charge is 0.248 e. The Kier molecular flexibility index (Phi) is 11.3. The molecule has 0 aliphatic carbocycles. The quantitative estimate of drug-likeness (QED) is 0.558. The normalized spacial score (nSPS) is 23.0. The Morgan fingerprint density at radius 2 is 1.05 bits per heavy atom. The topological polar surface area (TPSA) is 46.2 Å². The molecule has 0 saturated carbocycles. The first-order chi connectivity index (χ1) is 10.1. The average Bonchev–Trinajstić information content (AvgIpc) is 2.39. The second-order valence-corrected chi connectivity index (χ2v) is 13.3. The van der Waals surface area contributed by atoms with Crippen LogP contribution in [0.4, 0.5) is 0 Å². The van der Waals surface area contributed by atoms with Gasteiger partial charge in [0.15, 0.2) is 0 Å². The van der Waals surface area contributed by atoms with Crippen molar-refractivity contribution in [2.75, 3.05) is 66.1 Å². The molecule has 0 unspecified atom stereocenters. The summed E-state index contributed by atoms with van der Waals surface area (Å²) in [4.78, 5) is 0. The fraction of sp³-hybridized carbons (Fsp3) is 1.00. The summed E-state index contributed by atoms with van der Waals surface area (Å²) in [6, 6.07) is 0.756. The van der Waals surface area contributed by atoms with Crippen LogP contribution in [0.2, 0.25) is 12.6 Å². The van der Waals surface area contributed by atoms with E-state index in [4.69, 9.17) is 45.8 Å². The molecule has 126 valence electrons. The van der Waals surface area contributed by atoms with E-state index < -0.39 is 6.69 Å². The maximum atomic E-state index is 6.21. The summed E-state index contributed by atoms with van der Waals surface area (Å²) in [5.41, 5.74) is 0. The summed E-state index contributed by atoms with van der Waals surface area (Å²) in [6.45, 7) is 5.46. The van der Waals surface area contributed by atoms with E-state index in [2.05, 4.69) is 0 Å². The molecule has 0 amide bonds. The largest absolute Gasteiger partial charge is 0.379 e. The molecule has 5 nitrogen and oxygen atoms in total. The summed E-state index contributed by atoms with van der Waals surface area (Å²) in [5.74, 6) is 0.216. The Morgan fingerprint density at radius 3 is 1.38 bits per heavy atom. The number of hydrogen-bond acceptors (Lipinski definition) is 5. The van der Waals surface area contributed by atoms with Crippen LogP contribution >= 0.6 is 22.2 Å². The highest BCUT2D eigenvalue weighted by molar-refractivity contribution is 7.44. The molecule has 8 heteroatoms. The van der Waals surface area contributed by atoms with Crippen molar-refractivity contribution >= 4 is 28.9 Å². The van der Waals surface area contributed by atoms with E-state index in [9.17, 15) is 0 Å². The molecule has 0 atom stereocenters. The third-order valence-electron chi connectivity index (χ3n) is 2.84. The van der Waals surface area contributed by atoms with Gasteiger partial charge in [0, 0.05) is 5.92 Å². The molecule has 0 aromatic carbocycles. The van der Waals surface area contributed by atoms with Crippen molar-refractivity contribution in [3.63, 3.8) is 0 Å². The van der Waals surface area contributed by atoms with Crippen LogP contribution < -0.4 is 0 Å². The second kappa shape index (κ2) is 12.1. The molecule has 0 radical (unpaired) electrons. The van der Waals surface area contributed by atoms with E-state index in [1.807, 2.05) is 6.55 Å². The van der Waals surface area contributed by atoms with Crippen LogP contribution in [0.5, 0.6) is 0 Å². The van der Waals surface area contributed by atoms with Gasteiger partial charge in [-0.3, -0.25) is 0 Å². The molecule has 0 spiro atoms. The lowest BCUT2D eigenvalue weighted by Gasteiger charge is -2.21. The fourth-order valence-electron chi connectivity index (χ4n) is 1.95. The van der Waals surface area contributed by atoms with Gasteiger partial charge < -0.3 is 23.7 Å². The number of hydrogen-bond donors (Lipinski definition) is 0. The monoisotopic (exact) mass is 360 g/mol. The fourth-order valence-corrected chi connectivity index (χ4v) is 4.51. The maximum absolute atomic E-state index is 6.21. The Morgan fingerprint density at radius 1 is 0.714 bits per heavy atom. The standard InChI is InChI=1S/C13H26Cl2O5Si/c1-21(14,15)12-13-10-19-8-6-17-4-2-16-3-5-18-7-9-20-11-13/h13H,2-12H2,1H3. The first-order valence-electron chi connectivity index (χ1n) is 7.34. The molecule has 21 heavy (non-hydrogen) atoms. The summed E-state index contributed by atoms with van der Waals surface area (Å²) >= 11 is 12.4. The average molecular weight is 361 g/mol. The van der Waals surface area contributed by atoms with Crippen molar-refractivity contribution in [2.45, 2.75) is 12.6 Å². The van der Waals surface area contributed by atoms with Crippen LogP contribution in [-0.2, 0) is 23.7 Å². The first kappa shape index (κ1) is 19.6. The molecule has 1 saturated heterocycles. The van der Waals surface area contributed by atoms with E-state index in [0.717, 1.165) is 6.04 Å². The van der Waals surface area contributed by atoms with Crippen molar-refractivity contribution in [1.82, 2.24) is 0 Å². The summed E-state index contributed by atoms with van der Waals surface area (Å²) in [7, 11) is 0. The highest BCUT2D eigenvalue weighted by Gasteiger charge is 2.26. The van der Waals surface area contributed by atoms with Crippen molar-refractivity contribution in [3.8, 4) is 0 Å². The lowest BCUT2D eigenvalue weighted by molar-refractivity contribution is -0.0309. The number of halogens is 2. The Balaban J connectivity index is 2.31. The highest BCUT2D eigenvalue weighted by atomic mass is 35.7. The third-order valence-corrected chi connectivity index (χ3v) is 5.06. The number of ether oxygens (including phenoxy) is 5. The van der Waals surface area contributed by atoms with Gasteiger partial charge in [0.05, 0.1) is 66.1 Å². The van der Waals surface area contributed by atoms with Gasteiger partial charge in [0.1, 0.15) is 0 Å². The van der Waals surface area contributed by atoms with Gasteiger partial charge >= 0.3 is 0 Å². The van der Waals surface area contributed by atoms with Crippen molar-refractivity contribution in [3.05, 3.63) is 0 Å². The predicted octanol–water partition coefficient (Wildman–Crippen LogP) is 2.25. The number of rotatable bonds is 2. The van der Waals surface area contributed by atoms with Crippen molar-refractivity contribution < 1.29 is 23.7 Å². The van der Waals surface area contributed by atoms with Gasteiger partial charge in [-0.1, -0.05) is 0 Å². The minimum atomic E-state index is -2.16. The summed E-state index contributed by atoms with van der Waals surface area (Å²) < 4.78 is 27.4. The van der Waals surface area contributed by atoms with E-state index in [0.29, 0.717) is 66.1 Å². The van der Waals surface area contributed by atoms with Crippen LogP contribution in [0.3, 0.4) is 0 Å². The molecule has 1 aliphatic rings. The van der Waals surface area contributed by atoms with E-state index >= 15 is 0 Å². The molecule has 1 fully saturated rings. The molecule has 1 heterocycles. The van der Waals surface area contributed by atoms with E-state index in [-0.39, 0.29) is 5.92 Å². The van der Waals surface area contributed by atoms with Gasteiger partial charge in [0.2, 0.25) is 6.69 Å². The van der Waals surface area contributed by atoms with Gasteiger partial charge in [0.25, 0.3) is 0 Å². The maximum Gasteiger partial charge on any atom is 0.248 e. The minimum absolute atomic E-state index is 0.216. The predicted molar refractivity (Wildman–Crippen MR) is 85.7 cm³/mol. The van der Waals surface area contributed by atoms with Gasteiger partial charge in [-0.05, 0) is 12.6 Å². The van der Waals surface area contributed by atoms with Crippen LogP contribution in [0.15, 0.2) is 0 Å². The first-order valence-corrected chi connectivity index (χ1v) is 12.1. The van der Waals surface area contributed by atoms with E-state index in [1.54, 1.807) is 0 Å². The van der Waals surface area contributed by atoms with Gasteiger partial charge in [-0.2, -0.15) is 0 Å². The lowest BCUT2D eigenvalue weighted by Crippen LogP contribution is -2.27. The molecule has 1 aliphatic heterocycles. The zero-order valence-electron chi connectivity index (χ0n) is 12.7. The summed E-state index contributed by atoms with van der Waals surface area (Å²) in [5, 5.41) is 0. The van der Waals surface area contributed by atoms with Gasteiger partial charge in [-0.25, -0.2) is 0 Å². The zero-order chi connectivity index (χ0) is 15.4. The zero-order valence-corrected chi connectivity index (χ0v) is 15.2. The van der Waals surface area contributed by atoms with Crippen molar-refractivity contribution in [1.29, 1.82) is 0 Å². The van der Waals surface area contributed by atoms with Gasteiger partial charge in [-0.15, -0.1) is 22.2 Å². The second-order valence-electron chi connectivity index (χ2n) is 5.13. The Labute approximate surface area is 137 Å². The van der Waals surface area contributed by atoms with Crippen LogP contribution in [0.1, 0.15) is 0 Å². The molecule has 0 aromatic heterocycles. The molecule has 0 N–H and O–H groups in total. The highest BCUT2D eigenvalue weighted by Crippen LogP contribution is 2.25. The SMILES string of the molecule is C[Si](Cl)(Cl)CC1COCCOCCOCCOCCOC1. The molecular weight excluding hydrogens is 335 g/mol. The van der Waals surface area contributed by atoms with Crippen molar-refractivity contribution in [2.24, 2.45) is 5.92 Å². The molecular formula is C13H26Cl2O5Si. The Bertz CT molecular complexity index is 237. The van der Waals surface area contributed by atoms with Crippen LogP contribution in [-0.4, -0.2) is 72.8 Å². The Hall–Kier alpha value is 0.597. The lowest BCUT2D eigenvalue weighted by atomic mass is 10.2. The molecule has 1 rings (SSSR count). The summed E-state index contributed by atoms with van der Waals surface area (Å²) in [6.07, 6.45) is 0. The van der Waals surface area contributed by atoms with Crippen LogP contribution in [0, 0.1) is 5.92 Å². The molecule has 0 aromatic rings. The molecule has 0 bridgehead atoms. The van der Waals surface area contributed by atoms with E-state index in [1.165, 1.54) is 0 Å². The third kappa shape index (κ3) is 12.8. The van der Waals surface area contributed by atoms with Crippen LogP contribution in [0.25, 0.3) is 0 Å². The minimum Gasteiger partial charge on any atom is -0.379 e.